The molecule has 184 valence electrons. The van der Waals surface area contributed by atoms with E-state index in [-0.39, 0.29) is 17.4 Å². The Kier molecular flexibility index (Phi) is 5.97. The van der Waals surface area contributed by atoms with Gasteiger partial charge in [0.05, 0.1) is 11.1 Å². The summed E-state index contributed by atoms with van der Waals surface area (Å²) in [5.41, 5.74) is 3.41. The molecule has 3 aromatic rings. The number of amides is 2. The highest BCUT2D eigenvalue weighted by Gasteiger charge is 2.44. The van der Waals surface area contributed by atoms with Crippen molar-refractivity contribution < 1.29 is 9.18 Å². The molecule has 0 bridgehead atoms. The summed E-state index contributed by atoms with van der Waals surface area (Å²) < 4.78 is 15.7. The highest BCUT2D eigenvalue weighted by Crippen LogP contribution is 2.37. The van der Waals surface area contributed by atoms with Crippen molar-refractivity contribution in [3.05, 3.63) is 65.1 Å². The van der Waals surface area contributed by atoms with Crippen molar-refractivity contribution in [2.24, 2.45) is 0 Å². The first-order valence-electron chi connectivity index (χ1n) is 12.9. The zero-order chi connectivity index (χ0) is 24.0. The van der Waals surface area contributed by atoms with Gasteiger partial charge in [-0.3, -0.25) is 0 Å². The maximum Gasteiger partial charge on any atom is 0.318 e. The fourth-order valence-corrected chi connectivity index (χ4v) is 6.57. The Labute approximate surface area is 210 Å². The molecule has 6 rings (SSSR count). The van der Waals surface area contributed by atoms with Gasteiger partial charge >= 0.3 is 6.03 Å². The second-order valence-corrected chi connectivity index (χ2v) is 11.0. The van der Waals surface area contributed by atoms with Crippen LogP contribution in [0.2, 0.25) is 5.02 Å². The van der Waals surface area contributed by atoms with E-state index < -0.39 is 0 Å². The van der Waals surface area contributed by atoms with Crippen LogP contribution in [0.4, 0.5) is 9.18 Å². The lowest BCUT2D eigenvalue weighted by Crippen LogP contribution is -2.40. The number of halogens is 2. The van der Waals surface area contributed by atoms with Crippen LogP contribution >= 0.6 is 11.6 Å². The summed E-state index contributed by atoms with van der Waals surface area (Å²) in [6.07, 6.45) is 9.06. The van der Waals surface area contributed by atoms with E-state index >= 15 is 0 Å². The number of urea groups is 1. The van der Waals surface area contributed by atoms with Gasteiger partial charge in [0.2, 0.25) is 0 Å². The number of hydrogen-bond acceptors (Lipinski definition) is 2. The molecule has 7 heteroatoms. The minimum Gasteiger partial charge on any atom is -0.331 e. The van der Waals surface area contributed by atoms with Crippen molar-refractivity contribution in [1.29, 1.82) is 0 Å². The van der Waals surface area contributed by atoms with E-state index in [0.29, 0.717) is 5.92 Å². The molecule has 2 saturated heterocycles. The lowest BCUT2D eigenvalue weighted by molar-refractivity contribution is 0.179. The molecule has 2 aliphatic heterocycles. The molecule has 1 saturated carbocycles. The molecule has 3 aliphatic rings. The van der Waals surface area contributed by atoms with E-state index in [2.05, 4.69) is 33.1 Å². The Bertz CT molecular complexity index is 1230. The molecule has 0 atom stereocenters. The first-order valence-corrected chi connectivity index (χ1v) is 13.2. The highest BCUT2D eigenvalue weighted by molar-refractivity contribution is 6.31. The number of benzene rings is 2. The highest BCUT2D eigenvalue weighted by atomic mass is 35.5. The average Bonchev–Trinajstić information content (AvgIpc) is 3.55. The third-order valence-corrected chi connectivity index (χ3v) is 8.56. The molecule has 35 heavy (non-hydrogen) atoms. The number of nitrogens with one attached hydrogen (secondary N) is 1. The number of fused-ring (bicyclic) bond motifs is 1. The summed E-state index contributed by atoms with van der Waals surface area (Å²) in [5, 5.41) is 5.18. The topological polar surface area (TPSA) is 40.5 Å². The summed E-state index contributed by atoms with van der Waals surface area (Å²) >= 11 is 6.38. The first kappa shape index (κ1) is 22.9. The zero-order valence-corrected chi connectivity index (χ0v) is 20.7. The largest absolute Gasteiger partial charge is 0.331 e. The number of hydrogen-bond donors (Lipinski definition) is 1. The predicted molar refractivity (Wildman–Crippen MR) is 138 cm³/mol. The molecule has 1 aromatic heterocycles. The standard InChI is InChI=1S/C28H32ClFN4O/c29-21-3-8-26-24(17-21)25(18-34(26)23-6-4-22(30)5-7-23)20-9-13-32(14-10-20)15-16-33-19-28(31-27(33)35)11-1-2-12-28/h3-8,17-18,20H,1-2,9-16,19H2,(H,31,35). The molecule has 3 fully saturated rings. The van der Waals surface area contributed by atoms with Crippen LogP contribution in [0, 0.1) is 5.82 Å². The van der Waals surface area contributed by atoms with E-state index in [1.54, 1.807) is 0 Å². The first-order chi connectivity index (χ1) is 17.0. The lowest BCUT2D eigenvalue weighted by atomic mass is 9.89. The number of piperidine rings is 1. The van der Waals surface area contributed by atoms with E-state index in [4.69, 9.17) is 11.6 Å². The molecule has 1 aliphatic carbocycles. The normalized spacial score (nSPS) is 20.9. The van der Waals surface area contributed by atoms with Crippen LogP contribution < -0.4 is 5.32 Å². The molecular weight excluding hydrogens is 463 g/mol. The Balaban J connectivity index is 1.13. The average molecular weight is 495 g/mol. The van der Waals surface area contributed by atoms with E-state index in [1.165, 1.54) is 35.9 Å². The van der Waals surface area contributed by atoms with Crippen LogP contribution in [0.5, 0.6) is 0 Å². The molecule has 2 amide bonds. The third-order valence-electron chi connectivity index (χ3n) is 8.33. The van der Waals surface area contributed by atoms with Gasteiger partial charge in [-0.25, -0.2) is 9.18 Å². The van der Waals surface area contributed by atoms with Gasteiger partial charge in [0.25, 0.3) is 0 Å². The summed E-state index contributed by atoms with van der Waals surface area (Å²) in [5.74, 6) is 0.219. The van der Waals surface area contributed by atoms with Crippen LogP contribution in [0.3, 0.4) is 0 Å². The zero-order valence-electron chi connectivity index (χ0n) is 20.0. The number of aromatic nitrogens is 1. The molecule has 1 N–H and O–H groups in total. The van der Waals surface area contributed by atoms with Crippen LogP contribution in [0.25, 0.3) is 16.6 Å². The molecule has 2 aromatic carbocycles. The van der Waals surface area contributed by atoms with Crippen molar-refractivity contribution in [3.8, 4) is 5.69 Å². The van der Waals surface area contributed by atoms with Crippen molar-refractivity contribution in [2.45, 2.75) is 50.0 Å². The number of rotatable bonds is 5. The Hall–Kier alpha value is -2.57. The summed E-state index contributed by atoms with van der Waals surface area (Å²) in [7, 11) is 0. The summed E-state index contributed by atoms with van der Waals surface area (Å²) in [6.45, 7) is 4.65. The minimum absolute atomic E-state index is 0.0457. The molecule has 0 radical (unpaired) electrons. The second-order valence-electron chi connectivity index (χ2n) is 10.5. The smallest absolute Gasteiger partial charge is 0.318 e. The molecule has 3 heterocycles. The lowest BCUT2D eigenvalue weighted by Gasteiger charge is -2.33. The Morgan fingerprint density at radius 1 is 1.03 bits per heavy atom. The van der Waals surface area contributed by atoms with Crippen molar-refractivity contribution in [1.82, 2.24) is 19.7 Å². The van der Waals surface area contributed by atoms with Crippen LogP contribution in [-0.2, 0) is 0 Å². The minimum atomic E-state index is -0.231. The maximum absolute atomic E-state index is 13.5. The van der Waals surface area contributed by atoms with Gasteiger partial charge in [-0.2, -0.15) is 0 Å². The second kappa shape index (κ2) is 9.14. The number of nitrogens with zero attached hydrogens (tertiary/aromatic N) is 3. The molecule has 5 nitrogen and oxygen atoms in total. The fraction of sp³-hybridized carbons (Fsp3) is 0.464. The SMILES string of the molecule is O=C1NC2(CCCC2)CN1CCN1CCC(c2cn(-c3ccc(F)cc3)c3ccc(Cl)cc23)CC1. The van der Waals surface area contributed by atoms with E-state index in [9.17, 15) is 9.18 Å². The van der Waals surface area contributed by atoms with Crippen molar-refractivity contribution >= 4 is 28.5 Å². The van der Waals surface area contributed by atoms with Gasteiger partial charge in [0.15, 0.2) is 0 Å². The predicted octanol–water partition coefficient (Wildman–Crippen LogP) is 5.94. The van der Waals surface area contributed by atoms with Gasteiger partial charge in [0, 0.05) is 41.9 Å². The third kappa shape index (κ3) is 4.43. The number of carbonyl (C=O) groups excluding carboxylic acids is 1. The molecular formula is C28H32ClFN4O. The Morgan fingerprint density at radius 2 is 1.77 bits per heavy atom. The summed E-state index contributed by atoms with van der Waals surface area (Å²) in [6, 6.07) is 12.8. The molecule has 0 unspecified atom stereocenters. The fourth-order valence-electron chi connectivity index (χ4n) is 6.40. The van der Waals surface area contributed by atoms with Crippen molar-refractivity contribution in [2.75, 3.05) is 32.7 Å². The summed E-state index contributed by atoms with van der Waals surface area (Å²) in [4.78, 5) is 17.0. The van der Waals surface area contributed by atoms with E-state index in [0.717, 1.165) is 74.6 Å². The Morgan fingerprint density at radius 3 is 2.51 bits per heavy atom. The van der Waals surface area contributed by atoms with Crippen LogP contribution in [0.15, 0.2) is 48.7 Å². The quantitative estimate of drug-likeness (QED) is 0.477. The van der Waals surface area contributed by atoms with Gasteiger partial charge in [-0.05, 0) is 92.7 Å². The van der Waals surface area contributed by atoms with Gasteiger partial charge in [-0.1, -0.05) is 24.4 Å². The number of likely N-dealkylation sites (tertiary alicyclic amines) is 1. The number of carbonyl (C=O) groups is 1. The van der Waals surface area contributed by atoms with E-state index in [1.807, 2.05) is 23.1 Å². The van der Waals surface area contributed by atoms with Crippen LogP contribution in [0.1, 0.15) is 50.0 Å². The van der Waals surface area contributed by atoms with Crippen LogP contribution in [-0.4, -0.2) is 58.7 Å². The van der Waals surface area contributed by atoms with Gasteiger partial charge in [0.1, 0.15) is 5.82 Å². The van der Waals surface area contributed by atoms with Crippen molar-refractivity contribution in [3.63, 3.8) is 0 Å². The van der Waals surface area contributed by atoms with Gasteiger partial charge < -0.3 is 19.7 Å². The monoisotopic (exact) mass is 494 g/mol. The molecule has 1 spiro atoms. The maximum atomic E-state index is 13.5. The van der Waals surface area contributed by atoms with Gasteiger partial charge in [-0.15, -0.1) is 0 Å².